The first-order chi connectivity index (χ1) is 7.08. The highest BCUT2D eigenvalue weighted by Crippen LogP contribution is 2.47. The van der Waals surface area contributed by atoms with Crippen LogP contribution in [0.5, 0.6) is 0 Å². The summed E-state index contributed by atoms with van der Waals surface area (Å²) in [6.07, 6.45) is 1.13. The van der Waals surface area contributed by atoms with Crippen LogP contribution in [0, 0.1) is 5.41 Å². The fourth-order valence-corrected chi connectivity index (χ4v) is 1.53. The zero-order valence-electron chi connectivity index (χ0n) is 9.60. The van der Waals surface area contributed by atoms with Crippen molar-refractivity contribution in [1.82, 2.24) is 0 Å². The third-order valence-electron chi connectivity index (χ3n) is 2.80. The summed E-state index contributed by atoms with van der Waals surface area (Å²) in [6, 6.07) is 10.2. The van der Waals surface area contributed by atoms with Crippen LogP contribution >= 0.6 is 24.0 Å². The maximum Gasteiger partial charge on any atom is 0.193 e. The van der Waals surface area contributed by atoms with Crippen molar-refractivity contribution in [2.45, 2.75) is 26.3 Å². The van der Waals surface area contributed by atoms with Gasteiger partial charge < -0.3 is 11.1 Å². The summed E-state index contributed by atoms with van der Waals surface area (Å²) in [5.74, 6) is 0.511. The molecule has 1 saturated carbocycles. The number of anilines is 1. The first-order valence-corrected chi connectivity index (χ1v) is 5.23. The van der Waals surface area contributed by atoms with E-state index in [-0.39, 0.29) is 24.0 Å². The van der Waals surface area contributed by atoms with Gasteiger partial charge in [-0.15, -0.1) is 24.0 Å². The summed E-state index contributed by atoms with van der Waals surface area (Å²) >= 11 is 0. The van der Waals surface area contributed by atoms with Gasteiger partial charge in [0.05, 0.1) is 6.04 Å². The van der Waals surface area contributed by atoms with E-state index in [1.807, 2.05) is 30.3 Å². The Morgan fingerprint density at radius 2 is 1.94 bits per heavy atom. The molecule has 0 aromatic heterocycles. The lowest BCUT2D eigenvalue weighted by Gasteiger charge is -2.05. The fraction of sp³-hybridized carbons (Fsp3) is 0.417. The summed E-state index contributed by atoms with van der Waals surface area (Å²) in [5.41, 5.74) is 7.13. The second-order valence-corrected chi connectivity index (χ2v) is 4.71. The molecule has 88 valence electrons. The summed E-state index contributed by atoms with van der Waals surface area (Å²) < 4.78 is 0. The number of rotatable bonds is 2. The molecule has 0 spiro atoms. The summed E-state index contributed by atoms with van der Waals surface area (Å²) in [6.45, 7) is 4.41. The monoisotopic (exact) mass is 331 g/mol. The van der Waals surface area contributed by atoms with Crippen molar-refractivity contribution in [3.05, 3.63) is 30.3 Å². The standard InChI is InChI=1S/C12H17N3.HI/c1-12(2)8-10(12)15-11(13)14-9-6-4-3-5-7-9;/h3-7,10H,8H2,1-2H3,(H3,13,14,15);1H. The van der Waals surface area contributed by atoms with E-state index in [1.54, 1.807) is 0 Å². The molecule has 3 N–H and O–H groups in total. The van der Waals surface area contributed by atoms with Gasteiger partial charge in [-0.3, -0.25) is 0 Å². The molecule has 3 nitrogen and oxygen atoms in total. The number of nitrogens with zero attached hydrogens (tertiary/aromatic N) is 1. The molecule has 2 rings (SSSR count). The molecule has 1 unspecified atom stereocenters. The van der Waals surface area contributed by atoms with Crippen LogP contribution in [-0.4, -0.2) is 12.0 Å². The number of nitrogens with one attached hydrogen (secondary N) is 1. The van der Waals surface area contributed by atoms with Gasteiger partial charge in [0, 0.05) is 5.69 Å². The van der Waals surface area contributed by atoms with Crippen molar-refractivity contribution in [2.24, 2.45) is 16.1 Å². The van der Waals surface area contributed by atoms with Crippen LogP contribution < -0.4 is 11.1 Å². The average Bonchev–Trinajstić information content (AvgIpc) is 2.74. The minimum atomic E-state index is 0. The molecule has 4 heteroatoms. The number of nitrogens with two attached hydrogens (primary N) is 1. The number of para-hydroxylation sites is 1. The molecule has 0 heterocycles. The molecule has 1 aromatic rings. The lowest BCUT2D eigenvalue weighted by Crippen LogP contribution is -2.23. The predicted molar refractivity (Wildman–Crippen MR) is 79.3 cm³/mol. The van der Waals surface area contributed by atoms with Crippen molar-refractivity contribution < 1.29 is 0 Å². The Hall–Kier alpha value is -0.780. The Morgan fingerprint density at radius 1 is 1.38 bits per heavy atom. The van der Waals surface area contributed by atoms with E-state index in [9.17, 15) is 0 Å². The highest BCUT2D eigenvalue weighted by molar-refractivity contribution is 14.0. The molecule has 0 aliphatic heterocycles. The molecular weight excluding hydrogens is 313 g/mol. The molecule has 0 bridgehead atoms. The number of hydrogen-bond acceptors (Lipinski definition) is 1. The van der Waals surface area contributed by atoms with E-state index in [1.165, 1.54) is 0 Å². The maximum absolute atomic E-state index is 5.81. The molecule has 0 radical (unpaired) electrons. The van der Waals surface area contributed by atoms with Crippen LogP contribution in [-0.2, 0) is 0 Å². The highest BCUT2D eigenvalue weighted by atomic mass is 127. The van der Waals surface area contributed by atoms with E-state index >= 15 is 0 Å². The molecule has 1 atom stereocenters. The Morgan fingerprint density at radius 3 is 2.44 bits per heavy atom. The minimum absolute atomic E-state index is 0. The molecular formula is C12H18IN3. The zero-order valence-corrected chi connectivity index (χ0v) is 11.9. The third-order valence-corrected chi connectivity index (χ3v) is 2.80. The minimum Gasteiger partial charge on any atom is -0.370 e. The van der Waals surface area contributed by atoms with Crippen LogP contribution in [0.1, 0.15) is 20.3 Å². The lowest BCUT2D eigenvalue weighted by molar-refractivity contribution is 0.618. The summed E-state index contributed by atoms with van der Waals surface area (Å²) in [5, 5.41) is 3.08. The normalized spacial score (nSPS) is 22.1. The third kappa shape index (κ3) is 3.37. The van der Waals surface area contributed by atoms with Crippen molar-refractivity contribution in [2.75, 3.05) is 5.32 Å². The van der Waals surface area contributed by atoms with Crippen LogP contribution in [0.2, 0.25) is 0 Å². The SMILES string of the molecule is CC1(C)CC1N=C(N)Nc1ccccc1.I. The van der Waals surface area contributed by atoms with E-state index in [2.05, 4.69) is 24.2 Å². The van der Waals surface area contributed by atoms with E-state index in [0.29, 0.717) is 17.4 Å². The highest BCUT2D eigenvalue weighted by Gasteiger charge is 2.45. The van der Waals surface area contributed by atoms with Gasteiger partial charge in [-0.05, 0) is 24.0 Å². The Kier molecular flexibility index (Phi) is 4.18. The van der Waals surface area contributed by atoms with Gasteiger partial charge >= 0.3 is 0 Å². The molecule has 1 aliphatic rings. The van der Waals surface area contributed by atoms with Gasteiger partial charge in [0.25, 0.3) is 0 Å². The predicted octanol–water partition coefficient (Wildman–Crippen LogP) is 2.83. The first-order valence-electron chi connectivity index (χ1n) is 5.23. The van der Waals surface area contributed by atoms with Crippen molar-refractivity contribution in [3.63, 3.8) is 0 Å². The quantitative estimate of drug-likeness (QED) is 0.497. The van der Waals surface area contributed by atoms with Crippen LogP contribution in [0.4, 0.5) is 5.69 Å². The molecule has 16 heavy (non-hydrogen) atoms. The molecule has 0 amide bonds. The van der Waals surface area contributed by atoms with Crippen LogP contribution in [0.25, 0.3) is 0 Å². The van der Waals surface area contributed by atoms with Gasteiger partial charge in [0.1, 0.15) is 0 Å². The van der Waals surface area contributed by atoms with Crippen LogP contribution in [0.3, 0.4) is 0 Å². The van der Waals surface area contributed by atoms with Crippen molar-refractivity contribution in [3.8, 4) is 0 Å². The largest absolute Gasteiger partial charge is 0.370 e. The summed E-state index contributed by atoms with van der Waals surface area (Å²) in [7, 11) is 0. The first kappa shape index (κ1) is 13.3. The lowest BCUT2D eigenvalue weighted by atomic mass is 10.2. The summed E-state index contributed by atoms with van der Waals surface area (Å²) in [4.78, 5) is 4.42. The Labute approximate surface area is 114 Å². The molecule has 1 aliphatic carbocycles. The van der Waals surface area contributed by atoms with E-state index < -0.39 is 0 Å². The number of halogens is 1. The van der Waals surface area contributed by atoms with Gasteiger partial charge in [0.2, 0.25) is 0 Å². The average molecular weight is 331 g/mol. The van der Waals surface area contributed by atoms with E-state index in [4.69, 9.17) is 5.73 Å². The Balaban J connectivity index is 0.00000128. The smallest absolute Gasteiger partial charge is 0.193 e. The topological polar surface area (TPSA) is 50.4 Å². The van der Waals surface area contributed by atoms with Crippen molar-refractivity contribution >= 4 is 35.6 Å². The molecule has 1 aromatic carbocycles. The Bertz CT molecular complexity index is 373. The van der Waals surface area contributed by atoms with E-state index in [0.717, 1.165) is 12.1 Å². The number of aliphatic imine (C=N–C) groups is 1. The zero-order chi connectivity index (χ0) is 10.9. The molecule has 0 saturated heterocycles. The number of benzene rings is 1. The second-order valence-electron chi connectivity index (χ2n) is 4.71. The maximum atomic E-state index is 5.81. The van der Waals surface area contributed by atoms with Gasteiger partial charge in [-0.2, -0.15) is 0 Å². The van der Waals surface area contributed by atoms with Gasteiger partial charge in [0.15, 0.2) is 5.96 Å². The second kappa shape index (κ2) is 5.03. The number of guanidine groups is 1. The number of hydrogen-bond donors (Lipinski definition) is 2. The van der Waals surface area contributed by atoms with Crippen LogP contribution in [0.15, 0.2) is 35.3 Å². The van der Waals surface area contributed by atoms with Crippen molar-refractivity contribution in [1.29, 1.82) is 0 Å². The van der Waals surface area contributed by atoms with Gasteiger partial charge in [-0.25, -0.2) is 4.99 Å². The van der Waals surface area contributed by atoms with Gasteiger partial charge in [-0.1, -0.05) is 32.0 Å². The fourth-order valence-electron chi connectivity index (χ4n) is 1.53. The molecule has 1 fully saturated rings.